The number of carbonyl (C=O) groups is 1. The Bertz CT molecular complexity index is 409. The smallest absolute Gasteiger partial charge is 1.00 e. The molecular formula is C10H11NNa2O4S2Tc. The predicted molar refractivity (Wildman–Crippen MR) is 68.6 cm³/mol. The van der Waals surface area contributed by atoms with E-state index in [1.165, 1.54) is 12.1 Å². The molecule has 10 heteroatoms. The molecule has 101 valence electrons. The van der Waals surface area contributed by atoms with Crippen LogP contribution in [0.25, 0.3) is 0 Å². The van der Waals surface area contributed by atoms with E-state index in [2.05, 4.69) is 30.2 Å². The second-order valence-electron chi connectivity index (χ2n) is 3.21. The van der Waals surface area contributed by atoms with Crippen molar-refractivity contribution >= 4 is 35.1 Å². The molecular weight excluding hydrogens is 407 g/mol. The zero-order valence-electron chi connectivity index (χ0n) is 11.0. The quantitative estimate of drug-likeness (QED) is 0.223. The summed E-state index contributed by atoms with van der Waals surface area (Å²) >= 11 is 8.51. The Morgan fingerprint density at radius 3 is 2.10 bits per heavy atom. The van der Waals surface area contributed by atoms with Gasteiger partial charge in [-0.3, -0.25) is 0 Å². The van der Waals surface area contributed by atoms with Gasteiger partial charge in [-0.25, -0.2) is 4.79 Å². The number of benzene rings is 1. The maximum atomic E-state index is 10.9. The average molecular weight is 418 g/mol. The third-order valence-corrected chi connectivity index (χ3v) is 2.22. The molecule has 0 spiro atoms. The Balaban J connectivity index is -0.000000320. The zero-order valence-corrected chi connectivity index (χ0v) is 18.6. The van der Waals surface area contributed by atoms with Crippen molar-refractivity contribution in [3.63, 3.8) is 0 Å². The van der Waals surface area contributed by atoms with Crippen LogP contribution in [-0.2, 0) is 36.8 Å². The van der Waals surface area contributed by atoms with Gasteiger partial charge in [-0.05, 0) is 17.7 Å². The van der Waals surface area contributed by atoms with Gasteiger partial charge < -0.3 is 21.0 Å². The predicted octanol–water partition coefficient (Wildman–Crippen LogP) is -4.92. The van der Waals surface area contributed by atoms with Gasteiger partial charge in [0.1, 0.15) is 16.1 Å². The van der Waals surface area contributed by atoms with Crippen molar-refractivity contribution in [1.82, 2.24) is 5.32 Å². The molecule has 0 heterocycles. The van der Waals surface area contributed by atoms with Crippen LogP contribution in [0.5, 0.6) is 5.75 Å². The molecule has 1 aromatic rings. The molecule has 0 amide bonds. The summed E-state index contributed by atoms with van der Waals surface area (Å²) in [7, 11) is 0. The fraction of sp³-hybridized carbons (Fsp3) is 0.200. The van der Waals surface area contributed by atoms with Gasteiger partial charge in [-0.2, -0.15) is 0 Å². The molecule has 1 rings (SSSR count). The van der Waals surface area contributed by atoms with Gasteiger partial charge in [-0.15, -0.1) is 12.6 Å². The summed E-state index contributed by atoms with van der Waals surface area (Å²) in [4.78, 5) is 10.9. The normalized spacial score (nSPS) is 9.45. The largest absolute Gasteiger partial charge is 2.00 e. The van der Waals surface area contributed by atoms with Crippen LogP contribution in [0, 0.1) is 0 Å². The second kappa shape index (κ2) is 15.2. The van der Waals surface area contributed by atoms with Gasteiger partial charge in [0.05, 0.1) is 0 Å². The summed E-state index contributed by atoms with van der Waals surface area (Å²) in [5.74, 6) is -0.849. The van der Waals surface area contributed by atoms with Crippen LogP contribution < -0.4 is 64.4 Å². The number of aromatic hydroxyl groups is 1. The van der Waals surface area contributed by atoms with Crippen molar-refractivity contribution in [2.24, 2.45) is 0 Å². The monoisotopic (exact) mass is 418 g/mol. The fourth-order valence-corrected chi connectivity index (χ4v) is 1.51. The van der Waals surface area contributed by atoms with Crippen molar-refractivity contribution < 1.29 is 99.7 Å². The maximum absolute atomic E-state index is 10.9. The van der Waals surface area contributed by atoms with E-state index in [1.54, 1.807) is 12.1 Å². The van der Waals surface area contributed by atoms with Crippen LogP contribution in [0.1, 0.15) is 5.56 Å². The summed E-state index contributed by atoms with van der Waals surface area (Å²) < 4.78 is 0.145. The number of hydrogen-bond acceptors (Lipinski definition) is 3. The number of phenolic OH excluding ortho intramolecular Hbond substituents is 1. The zero-order chi connectivity index (χ0) is 12.1. The van der Waals surface area contributed by atoms with Crippen molar-refractivity contribution in [2.75, 3.05) is 0 Å². The van der Waals surface area contributed by atoms with Crippen LogP contribution in [0.3, 0.4) is 0 Å². The van der Waals surface area contributed by atoms with E-state index in [0.717, 1.165) is 5.56 Å². The minimum Gasteiger partial charge on any atom is -2.00 e. The minimum absolute atomic E-state index is 0. The number of thiol groups is 1. The molecule has 1 unspecified atom stereocenters. The first-order chi connectivity index (χ1) is 7.49. The summed E-state index contributed by atoms with van der Waals surface area (Å²) in [6.07, 6.45) is 0.274. The summed E-state index contributed by atoms with van der Waals surface area (Å²) in [6.45, 7) is 0. The average Bonchev–Trinajstić information content (AvgIpc) is 2.19. The molecule has 0 aromatic heterocycles. The fourth-order valence-electron chi connectivity index (χ4n) is 1.22. The van der Waals surface area contributed by atoms with Crippen molar-refractivity contribution in [2.45, 2.75) is 12.5 Å². The van der Waals surface area contributed by atoms with E-state index in [-0.39, 0.29) is 101 Å². The summed E-state index contributed by atoms with van der Waals surface area (Å²) in [5, 5.41) is 20.6. The van der Waals surface area contributed by atoms with Crippen LogP contribution in [-0.4, -0.2) is 26.5 Å². The van der Waals surface area contributed by atoms with Gasteiger partial charge in [0.2, 0.25) is 0 Å². The van der Waals surface area contributed by atoms with Crippen molar-refractivity contribution in [3.8, 4) is 5.75 Å². The Morgan fingerprint density at radius 1 is 1.30 bits per heavy atom. The van der Waals surface area contributed by atoms with Gasteiger partial charge in [0.15, 0.2) is 0 Å². The van der Waals surface area contributed by atoms with Crippen LogP contribution in [0.2, 0.25) is 0 Å². The number of aliphatic carboxylic acids is 1. The molecule has 20 heavy (non-hydrogen) atoms. The Kier molecular flexibility index (Phi) is 22.4. The molecule has 0 saturated carbocycles. The van der Waals surface area contributed by atoms with Crippen molar-refractivity contribution in [3.05, 3.63) is 29.8 Å². The molecule has 0 saturated heterocycles. The molecule has 0 aliphatic heterocycles. The second-order valence-corrected chi connectivity index (χ2v) is 4.37. The Morgan fingerprint density at radius 2 is 1.75 bits per heavy atom. The molecule has 0 bridgehead atoms. The van der Waals surface area contributed by atoms with E-state index >= 15 is 0 Å². The van der Waals surface area contributed by atoms with E-state index < -0.39 is 12.0 Å². The van der Waals surface area contributed by atoms with E-state index in [4.69, 9.17) is 10.2 Å². The number of carboxylic acid groups (broad SMARTS) is 1. The minimum atomic E-state index is -0.996. The standard InChI is InChI=1S/C10H11NO3S2.2Na.O.Tc/c12-7-3-1-6(2-4-7)5-8(9(13)14)11-10(15)16;;;;/h1-4,8,12H,5H2,(H,13,14)(H2,11,15,16);;;;/q;2*+1;-2;/i;;;;1+1. The van der Waals surface area contributed by atoms with E-state index in [1.807, 2.05) is 0 Å². The van der Waals surface area contributed by atoms with Gasteiger partial charge in [0.25, 0.3) is 0 Å². The van der Waals surface area contributed by atoms with Crippen LogP contribution >= 0.6 is 24.8 Å². The first-order valence-corrected chi connectivity index (χ1v) is 5.35. The van der Waals surface area contributed by atoms with Crippen molar-refractivity contribution in [1.29, 1.82) is 0 Å². The molecule has 1 atom stereocenters. The van der Waals surface area contributed by atoms with Gasteiger partial charge >= 0.3 is 65.1 Å². The first-order valence-electron chi connectivity index (χ1n) is 4.49. The first kappa shape index (κ1) is 29.4. The third-order valence-electron chi connectivity index (χ3n) is 1.97. The van der Waals surface area contributed by atoms with Gasteiger partial charge in [0, 0.05) is 26.5 Å². The number of phenols is 1. The Hall–Kier alpha value is 1.34. The molecule has 1 radical (unpaired) electrons. The SMILES string of the molecule is O=C(O)C(Cc1ccc(O)cc1)NC(=S)S.[99Tc].[Na+].[Na+].[O-2]. The Labute approximate surface area is 185 Å². The molecule has 0 aliphatic carbocycles. The number of hydrogen-bond donors (Lipinski definition) is 4. The molecule has 3 N–H and O–H groups in total. The number of nitrogens with one attached hydrogen (secondary N) is 1. The van der Waals surface area contributed by atoms with Crippen LogP contribution in [0.15, 0.2) is 24.3 Å². The van der Waals surface area contributed by atoms with E-state index in [0.29, 0.717) is 0 Å². The topological polar surface area (TPSA) is 98.1 Å². The molecule has 0 aliphatic rings. The molecule has 0 fully saturated rings. The number of carboxylic acids is 1. The van der Waals surface area contributed by atoms with Crippen LogP contribution in [0.4, 0.5) is 0 Å². The number of rotatable bonds is 4. The maximum Gasteiger partial charge on any atom is 1.00 e. The summed E-state index contributed by atoms with van der Waals surface area (Å²) in [6, 6.07) is 5.53. The number of thiocarbonyl (C=S) groups is 1. The summed E-state index contributed by atoms with van der Waals surface area (Å²) in [5.41, 5.74) is 0.794. The van der Waals surface area contributed by atoms with E-state index in [9.17, 15) is 4.79 Å². The van der Waals surface area contributed by atoms with Gasteiger partial charge in [-0.1, -0.05) is 24.4 Å². The molecule has 1 aromatic carbocycles. The molecule has 5 nitrogen and oxygen atoms in total. The third kappa shape index (κ3) is 11.9.